The Morgan fingerprint density at radius 3 is 2.82 bits per heavy atom. The molecule has 3 rings (SSSR count). The molecule has 6 nitrogen and oxygen atoms in total. The van der Waals surface area contributed by atoms with E-state index in [0.29, 0.717) is 23.9 Å². The molecule has 0 bridgehead atoms. The molecule has 0 unspecified atom stereocenters. The van der Waals surface area contributed by atoms with Gasteiger partial charge in [-0.05, 0) is 42.3 Å². The Hall–Kier alpha value is -2.28. The summed E-state index contributed by atoms with van der Waals surface area (Å²) in [7, 11) is 0. The lowest BCUT2D eigenvalue weighted by molar-refractivity contribution is 0.0322. The first-order valence-corrected chi connectivity index (χ1v) is 9.81. The van der Waals surface area contributed by atoms with Crippen molar-refractivity contribution < 1.29 is 14.3 Å². The quantitative estimate of drug-likeness (QED) is 0.740. The van der Waals surface area contributed by atoms with Gasteiger partial charge in [0.2, 0.25) is 0 Å². The van der Waals surface area contributed by atoms with Crippen molar-refractivity contribution in [2.75, 3.05) is 44.8 Å². The number of nitrogens with zero attached hydrogens (tertiary/aromatic N) is 1. The van der Waals surface area contributed by atoms with Gasteiger partial charge in [-0.3, -0.25) is 4.90 Å². The number of ether oxygens (including phenoxy) is 2. The number of urea groups is 1. The highest BCUT2D eigenvalue weighted by atomic mass is 35.5. The Kier molecular flexibility index (Phi) is 7.54. The van der Waals surface area contributed by atoms with Gasteiger partial charge in [-0.1, -0.05) is 29.8 Å². The summed E-state index contributed by atoms with van der Waals surface area (Å²) in [6, 6.07) is 12.9. The fraction of sp³-hybridized carbons (Fsp3) is 0.381. The van der Waals surface area contributed by atoms with Gasteiger partial charge in [0.25, 0.3) is 0 Å². The summed E-state index contributed by atoms with van der Waals surface area (Å²) in [6.07, 6.45) is 0. The minimum absolute atomic E-state index is 0.274. The van der Waals surface area contributed by atoms with E-state index in [2.05, 4.69) is 15.5 Å². The van der Waals surface area contributed by atoms with Gasteiger partial charge < -0.3 is 20.1 Å². The number of nitrogens with one attached hydrogen (secondary N) is 2. The largest absolute Gasteiger partial charge is 0.492 e. The number of benzene rings is 2. The van der Waals surface area contributed by atoms with Crippen LogP contribution in [0.4, 0.5) is 10.5 Å². The SMILES string of the molecule is Cc1c(Cl)cccc1NC(=O)NCc1cccc(OCCN2CCOCC2)c1. The Morgan fingerprint density at radius 2 is 2.00 bits per heavy atom. The van der Waals surface area contributed by atoms with Gasteiger partial charge in [0.1, 0.15) is 12.4 Å². The van der Waals surface area contributed by atoms with Crippen LogP contribution in [0.25, 0.3) is 0 Å². The van der Waals surface area contributed by atoms with Crippen LogP contribution in [0, 0.1) is 6.92 Å². The first-order valence-electron chi connectivity index (χ1n) is 9.43. The highest BCUT2D eigenvalue weighted by Crippen LogP contribution is 2.22. The number of rotatable bonds is 7. The third kappa shape index (κ3) is 6.12. The summed E-state index contributed by atoms with van der Waals surface area (Å²) in [6.45, 7) is 7.28. The number of morpholine rings is 1. The molecule has 2 aromatic rings. The lowest BCUT2D eigenvalue weighted by Crippen LogP contribution is -2.38. The monoisotopic (exact) mass is 403 g/mol. The van der Waals surface area contributed by atoms with E-state index in [1.165, 1.54) is 0 Å². The second-order valence-electron chi connectivity index (χ2n) is 6.67. The highest BCUT2D eigenvalue weighted by Gasteiger charge is 2.10. The van der Waals surface area contributed by atoms with Crippen LogP contribution in [0.15, 0.2) is 42.5 Å². The summed E-state index contributed by atoms with van der Waals surface area (Å²) < 4.78 is 11.2. The molecule has 28 heavy (non-hydrogen) atoms. The van der Waals surface area contributed by atoms with Crippen LogP contribution in [0.1, 0.15) is 11.1 Å². The van der Waals surface area contributed by atoms with Crippen molar-refractivity contribution in [1.82, 2.24) is 10.2 Å². The summed E-state index contributed by atoms with van der Waals surface area (Å²) in [5.41, 5.74) is 2.52. The molecule has 0 atom stereocenters. The van der Waals surface area contributed by atoms with Gasteiger partial charge in [-0.2, -0.15) is 0 Å². The fourth-order valence-corrected chi connectivity index (χ4v) is 3.13. The van der Waals surface area contributed by atoms with E-state index in [4.69, 9.17) is 21.1 Å². The van der Waals surface area contributed by atoms with Crippen LogP contribution in [0.5, 0.6) is 5.75 Å². The maximum Gasteiger partial charge on any atom is 0.319 e. The van der Waals surface area contributed by atoms with E-state index in [9.17, 15) is 4.79 Å². The number of carbonyl (C=O) groups excluding carboxylic acids is 1. The van der Waals surface area contributed by atoms with E-state index in [1.54, 1.807) is 6.07 Å². The lowest BCUT2D eigenvalue weighted by Gasteiger charge is -2.26. The third-order valence-electron chi connectivity index (χ3n) is 4.65. The second-order valence-corrected chi connectivity index (χ2v) is 7.08. The summed E-state index contributed by atoms with van der Waals surface area (Å²) in [4.78, 5) is 14.5. The third-order valence-corrected chi connectivity index (χ3v) is 5.06. The average Bonchev–Trinajstić information content (AvgIpc) is 2.71. The first-order chi connectivity index (χ1) is 13.6. The van der Waals surface area contributed by atoms with E-state index in [0.717, 1.165) is 49.7 Å². The molecule has 0 spiro atoms. The molecule has 1 aliphatic heterocycles. The number of amides is 2. The zero-order valence-electron chi connectivity index (χ0n) is 16.0. The summed E-state index contributed by atoms with van der Waals surface area (Å²) >= 11 is 6.08. The van der Waals surface area contributed by atoms with E-state index in [1.807, 2.05) is 43.3 Å². The maximum atomic E-state index is 12.2. The minimum Gasteiger partial charge on any atom is -0.492 e. The molecule has 2 amide bonds. The highest BCUT2D eigenvalue weighted by molar-refractivity contribution is 6.31. The minimum atomic E-state index is -0.274. The zero-order valence-corrected chi connectivity index (χ0v) is 16.8. The fourth-order valence-electron chi connectivity index (χ4n) is 2.95. The second kappa shape index (κ2) is 10.3. The Balaban J connectivity index is 1.44. The molecular formula is C21H26ClN3O3. The van der Waals surface area contributed by atoms with Crippen molar-refractivity contribution in [2.45, 2.75) is 13.5 Å². The lowest BCUT2D eigenvalue weighted by atomic mass is 10.2. The van der Waals surface area contributed by atoms with Gasteiger partial charge in [-0.15, -0.1) is 0 Å². The molecule has 0 saturated carbocycles. The van der Waals surface area contributed by atoms with Crippen molar-refractivity contribution in [1.29, 1.82) is 0 Å². The van der Waals surface area contributed by atoms with Crippen LogP contribution < -0.4 is 15.4 Å². The van der Waals surface area contributed by atoms with E-state index >= 15 is 0 Å². The van der Waals surface area contributed by atoms with E-state index in [-0.39, 0.29) is 6.03 Å². The molecule has 2 N–H and O–H groups in total. The molecule has 0 radical (unpaired) electrons. The summed E-state index contributed by atoms with van der Waals surface area (Å²) in [5.74, 6) is 0.804. The predicted octanol–water partition coefficient (Wildman–Crippen LogP) is 3.68. The van der Waals surface area contributed by atoms with Crippen molar-refractivity contribution in [3.05, 3.63) is 58.6 Å². The Labute approximate surface area is 170 Å². The topological polar surface area (TPSA) is 62.8 Å². The Morgan fingerprint density at radius 1 is 1.21 bits per heavy atom. The first kappa shape index (κ1) is 20.5. The molecule has 1 heterocycles. The smallest absolute Gasteiger partial charge is 0.319 e. The number of hydrogen-bond donors (Lipinski definition) is 2. The van der Waals surface area contributed by atoms with Gasteiger partial charge >= 0.3 is 6.03 Å². The molecule has 150 valence electrons. The van der Waals surface area contributed by atoms with Crippen molar-refractivity contribution >= 4 is 23.3 Å². The van der Waals surface area contributed by atoms with Crippen LogP contribution in [-0.2, 0) is 11.3 Å². The normalized spacial score (nSPS) is 14.5. The number of halogens is 1. The van der Waals surface area contributed by atoms with Gasteiger partial charge in [0.05, 0.1) is 13.2 Å². The van der Waals surface area contributed by atoms with Gasteiger partial charge in [-0.25, -0.2) is 4.79 Å². The van der Waals surface area contributed by atoms with Crippen molar-refractivity contribution in [3.63, 3.8) is 0 Å². The average molecular weight is 404 g/mol. The standard InChI is InChI=1S/C21H26ClN3O3/c1-16-19(22)6-3-7-20(16)24-21(26)23-15-17-4-2-5-18(14-17)28-13-10-25-8-11-27-12-9-25/h2-7,14H,8-13,15H2,1H3,(H2,23,24,26). The van der Waals surface area contributed by atoms with E-state index < -0.39 is 0 Å². The van der Waals surface area contributed by atoms with Gasteiger partial charge in [0.15, 0.2) is 0 Å². The molecule has 0 aromatic heterocycles. The molecule has 1 aliphatic rings. The maximum absolute atomic E-state index is 12.2. The molecule has 1 fully saturated rings. The zero-order chi connectivity index (χ0) is 19.8. The Bertz CT molecular complexity index is 794. The van der Waals surface area contributed by atoms with Crippen LogP contribution in [0.2, 0.25) is 5.02 Å². The molecule has 7 heteroatoms. The molecule has 2 aromatic carbocycles. The molecular weight excluding hydrogens is 378 g/mol. The molecule has 0 aliphatic carbocycles. The summed E-state index contributed by atoms with van der Waals surface area (Å²) in [5, 5.41) is 6.31. The van der Waals surface area contributed by atoms with Crippen molar-refractivity contribution in [3.8, 4) is 5.75 Å². The van der Waals surface area contributed by atoms with Gasteiger partial charge in [0, 0.05) is 36.9 Å². The number of hydrogen-bond acceptors (Lipinski definition) is 4. The number of anilines is 1. The predicted molar refractivity (Wildman–Crippen MR) is 111 cm³/mol. The van der Waals surface area contributed by atoms with Crippen LogP contribution >= 0.6 is 11.6 Å². The van der Waals surface area contributed by atoms with Crippen molar-refractivity contribution in [2.24, 2.45) is 0 Å². The van der Waals surface area contributed by atoms with Crippen LogP contribution in [-0.4, -0.2) is 50.4 Å². The molecule has 1 saturated heterocycles. The number of carbonyl (C=O) groups is 1. The van der Waals surface area contributed by atoms with Crippen LogP contribution in [0.3, 0.4) is 0 Å².